The van der Waals surface area contributed by atoms with Crippen molar-refractivity contribution >= 4 is 155 Å². The molecule has 0 saturated carbocycles. The number of carbonyl (C=O) groups excluding carboxylic acids is 1. The number of nitrogens with one attached hydrogen (secondary N) is 2. The fourth-order valence-electron chi connectivity index (χ4n) is 7.89. The van der Waals surface area contributed by atoms with Crippen LogP contribution in [-0.4, -0.2) is 133 Å². The van der Waals surface area contributed by atoms with Crippen LogP contribution in [0.15, 0.2) is 145 Å². The van der Waals surface area contributed by atoms with Crippen LogP contribution in [0.5, 0.6) is 23.0 Å². The number of benzene rings is 6. The molecule has 0 heterocycles. The third-order valence-electron chi connectivity index (χ3n) is 12.3. The minimum Gasteiger partial charge on any atom is -0.491 e. The second-order valence-corrected chi connectivity index (χ2v) is 30.9. The van der Waals surface area contributed by atoms with Gasteiger partial charge in [0.1, 0.15) is 55.5 Å². The van der Waals surface area contributed by atoms with Crippen molar-refractivity contribution < 1.29 is 102 Å². The molecule has 0 fully saturated rings. The summed E-state index contributed by atoms with van der Waals surface area (Å²) in [6, 6.07) is 17.8. The van der Waals surface area contributed by atoms with E-state index in [-0.39, 0.29) is 132 Å². The van der Waals surface area contributed by atoms with Crippen LogP contribution < -0.4 is 29.6 Å². The molecule has 0 aliphatic carbocycles. The van der Waals surface area contributed by atoms with E-state index in [1.54, 1.807) is 27.7 Å². The Labute approximate surface area is 556 Å². The molecule has 0 spiro atoms. The molecule has 6 aromatic rings. The molecule has 0 aromatic heterocycles. The van der Waals surface area contributed by atoms with Crippen molar-refractivity contribution in [2.75, 3.05) is 60.1 Å². The lowest BCUT2D eigenvalue weighted by molar-refractivity contribution is 0.261. The summed E-state index contributed by atoms with van der Waals surface area (Å²) in [6.07, 6.45) is -0.867. The number of ether oxygens (including phenoxy) is 4. The molecule has 6 aromatic carbocycles. The van der Waals surface area contributed by atoms with Gasteiger partial charge in [-0.3, -0.25) is 27.3 Å². The molecule has 0 radical (unpaired) electrons. The lowest BCUT2D eigenvalue weighted by Crippen LogP contribution is -2.21. The normalized spacial score (nSPS) is 12.7. The van der Waals surface area contributed by atoms with Crippen LogP contribution >= 0.6 is 31.9 Å². The standard InChI is InChI=1S/C53H58Br2N10O23S6/c1-31-21-43(47(85-13-5-17-89(67,68)69)27-39(31)62-64-45-23-33(3)41(29-49(45)87-15-7-19-91(73,74)75)60-58-37-11-9-35(54)25-51(37)93(79,80)81)56-53(66)57-44-22-32(2)40(28-48(44)86-14-6-18-90(70,71)72)63-65-46-24-34(4)42(30-50(46)88-16-8-20-92(76,77)78)61-59-38-12-10-36(55)26-52(38)94(82,83)84/h9-12,21-30H,5-8,13-20H2,1-4H3,(H2,56,57,66)(H,67,68,69)(H,70,71,72)(H,73,74,75)(H,76,77,78)(H,79,80,81)(H,82,83,84). The third kappa shape index (κ3) is 24.7. The Bertz CT molecular complexity index is 4410. The average Bonchev–Trinajstić information content (AvgIpc) is 0.834. The van der Waals surface area contributed by atoms with E-state index in [1.807, 2.05) is 0 Å². The van der Waals surface area contributed by atoms with E-state index in [2.05, 4.69) is 83.4 Å². The zero-order valence-electron chi connectivity index (χ0n) is 49.5. The molecule has 0 bridgehead atoms. The van der Waals surface area contributed by atoms with Gasteiger partial charge >= 0.3 is 6.03 Å². The van der Waals surface area contributed by atoms with Crippen LogP contribution in [0.4, 0.5) is 61.7 Å². The molecule has 0 saturated heterocycles. The summed E-state index contributed by atoms with van der Waals surface area (Å²) in [5, 5.41) is 39.0. The monoisotopic (exact) mass is 1550 g/mol. The topological polar surface area (TPSA) is 503 Å². The lowest BCUT2D eigenvalue weighted by Gasteiger charge is -2.17. The second-order valence-electron chi connectivity index (χ2n) is 20.0. The molecule has 2 amide bonds. The summed E-state index contributed by atoms with van der Waals surface area (Å²) < 4.78 is 222. The highest BCUT2D eigenvalue weighted by molar-refractivity contribution is 9.10. The number of azo groups is 4. The lowest BCUT2D eigenvalue weighted by atomic mass is 10.1. The van der Waals surface area contributed by atoms with Crippen molar-refractivity contribution in [2.45, 2.75) is 63.2 Å². The fraction of sp³-hybridized carbons (Fsp3) is 0.302. The Hall–Kier alpha value is -7.39. The zero-order valence-corrected chi connectivity index (χ0v) is 57.5. The molecular formula is C53H58Br2N10O23S6. The predicted octanol–water partition coefficient (Wildman–Crippen LogP) is 12.9. The van der Waals surface area contributed by atoms with Crippen molar-refractivity contribution in [3.63, 3.8) is 0 Å². The van der Waals surface area contributed by atoms with Gasteiger partial charge in [0, 0.05) is 33.2 Å². The van der Waals surface area contributed by atoms with E-state index in [0.29, 0.717) is 31.2 Å². The van der Waals surface area contributed by atoms with Crippen molar-refractivity contribution in [2.24, 2.45) is 40.9 Å². The summed E-state index contributed by atoms with van der Waals surface area (Å²) in [7, 11) is -27.2. The summed E-state index contributed by atoms with van der Waals surface area (Å²) >= 11 is 6.28. The van der Waals surface area contributed by atoms with Gasteiger partial charge in [0.2, 0.25) is 0 Å². The van der Waals surface area contributed by atoms with Gasteiger partial charge < -0.3 is 29.6 Å². The summed E-state index contributed by atoms with van der Waals surface area (Å²) in [4.78, 5) is 13.0. The number of halogens is 2. The molecule has 33 nitrogen and oxygen atoms in total. The highest BCUT2D eigenvalue weighted by Gasteiger charge is 2.22. The maximum absolute atomic E-state index is 14.1. The number of urea groups is 1. The first-order chi connectivity index (χ1) is 43.7. The van der Waals surface area contributed by atoms with Gasteiger partial charge in [-0.15, -0.1) is 20.5 Å². The minimum absolute atomic E-state index is 0.0231. The van der Waals surface area contributed by atoms with Crippen molar-refractivity contribution in [3.8, 4) is 23.0 Å². The van der Waals surface area contributed by atoms with Gasteiger partial charge in [-0.05, 0) is 136 Å². The molecule has 0 aliphatic heterocycles. The van der Waals surface area contributed by atoms with E-state index in [0.717, 1.165) is 12.1 Å². The van der Waals surface area contributed by atoms with Crippen LogP contribution in [0.3, 0.4) is 0 Å². The highest BCUT2D eigenvalue weighted by Crippen LogP contribution is 2.42. The molecule has 6 rings (SSSR count). The number of anilines is 2. The van der Waals surface area contributed by atoms with Gasteiger partial charge in [0.15, 0.2) is 0 Å². The zero-order chi connectivity index (χ0) is 69.6. The number of amides is 2. The minimum atomic E-state index is -4.76. The Morgan fingerprint density at radius 2 is 0.617 bits per heavy atom. The number of hydrogen-bond acceptors (Lipinski definition) is 25. The molecule has 94 heavy (non-hydrogen) atoms. The third-order valence-corrected chi connectivity index (χ3v) is 18.3. The van der Waals surface area contributed by atoms with Gasteiger partial charge in [-0.2, -0.15) is 71.0 Å². The largest absolute Gasteiger partial charge is 0.491 e. The van der Waals surface area contributed by atoms with Crippen molar-refractivity contribution in [1.82, 2.24) is 0 Å². The van der Waals surface area contributed by atoms with Gasteiger partial charge in [-0.1, -0.05) is 31.9 Å². The van der Waals surface area contributed by atoms with E-state index in [1.165, 1.54) is 72.8 Å². The number of carbonyl (C=O) groups is 1. The van der Waals surface area contributed by atoms with Gasteiger partial charge in [-0.25, -0.2) is 4.79 Å². The Morgan fingerprint density at radius 3 is 0.904 bits per heavy atom. The van der Waals surface area contributed by atoms with E-state index in [4.69, 9.17) is 18.9 Å². The molecule has 41 heteroatoms. The summed E-state index contributed by atoms with van der Waals surface area (Å²) in [5.74, 6) is -3.11. The fourth-order valence-corrected chi connectivity index (χ4v) is 12.1. The van der Waals surface area contributed by atoms with Crippen LogP contribution in [0, 0.1) is 27.7 Å². The number of rotatable bonds is 32. The Morgan fingerprint density at radius 1 is 0.362 bits per heavy atom. The highest BCUT2D eigenvalue weighted by atomic mass is 79.9. The first-order valence-corrected chi connectivity index (χ1v) is 37.8. The second kappa shape index (κ2) is 32.4. The molecule has 0 atom stereocenters. The number of hydrogen-bond donors (Lipinski definition) is 8. The summed E-state index contributed by atoms with van der Waals surface area (Å²) in [5.41, 5.74) is 1.28. The molecule has 0 aliphatic rings. The van der Waals surface area contributed by atoms with Crippen molar-refractivity contribution in [3.05, 3.63) is 116 Å². The van der Waals surface area contributed by atoms with Gasteiger partial charge in [0.25, 0.3) is 60.7 Å². The number of nitrogens with zero attached hydrogens (tertiary/aromatic N) is 8. The number of aryl methyl sites for hydroxylation is 4. The van der Waals surface area contributed by atoms with E-state index < -0.39 is 99.5 Å². The van der Waals surface area contributed by atoms with Gasteiger partial charge in [0.05, 0.1) is 83.6 Å². The average molecular weight is 1560 g/mol. The molecule has 508 valence electrons. The van der Waals surface area contributed by atoms with Crippen molar-refractivity contribution in [1.29, 1.82) is 0 Å². The predicted molar refractivity (Wildman–Crippen MR) is 348 cm³/mol. The van der Waals surface area contributed by atoms with Crippen LogP contribution in [0.25, 0.3) is 0 Å². The quantitative estimate of drug-likeness (QED) is 0.0110. The molecule has 0 unspecified atom stereocenters. The van der Waals surface area contributed by atoms with Crippen LogP contribution in [0.1, 0.15) is 47.9 Å². The first-order valence-electron chi connectivity index (χ1n) is 26.9. The smallest absolute Gasteiger partial charge is 0.323 e. The maximum atomic E-state index is 14.1. The maximum Gasteiger partial charge on any atom is 0.323 e. The van der Waals surface area contributed by atoms with E-state index >= 15 is 0 Å². The molecular weight excluding hydrogens is 1500 g/mol. The first kappa shape index (κ1) is 75.6. The summed E-state index contributed by atoms with van der Waals surface area (Å²) in [6.45, 7) is 5.01. The van der Waals surface area contributed by atoms with E-state index in [9.17, 15) is 82.6 Å². The van der Waals surface area contributed by atoms with Crippen LogP contribution in [-0.2, 0) is 60.7 Å². The molecule has 8 N–H and O–H groups in total. The Balaban J connectivity index is 1.35. The van der Waals surface area contributed by atoms with Crippen LogP contribution in [0.2, 0.25) is 0 Å². The SMILES string of the molecule is Cc1cc(NC(=O)Nc2cc(C)c(N=Nc3cc(C)c(N=Nc4ccc(Br)cc4S(=O)(=O)O)cc3OCCCS(=O)(=O)O)cc2OCCCS(=O)(=O)O)c(OCCCS(=O)(=O)O)cc1N=Nc1cc(C)c(N=Nc2ccc(Br)cc2S(=O)(=O)O)cc1OCCCS(=O)(=O)O. The Kier molecular flexibility index (Phi) is 26.0.